The Morgan fingerprint density at radius 1 is 1.22 bits per heavy atom. The Morgan fingerprint density at radius 3 is 2.70 bits per heavy atom. The van der Waals surface area contributed by atoms with E-state index in [0.29, 0.717) is 16.6 Å². The molecule has 0 aliphatic rings. The molecule has 2 aromatic rings. The number of amides is 1. The number of methoxy groups -OCH3 is 1. The molecular weight excluding hydrogens is 333 g/mol. The van der Waals surface area contributed by atoms with Crippen molar-refractivity contribution >= 4 is 35.2 Å². The number of nitrogens with zero attached hydrogens (tertiary/aromatic N) is 1. The maximum absolute atomic E-state index is 12.2. The van der Waals surface area contributed by atoms with Gasteiger partial charge in [-0.3, -0.25) is 4.79 Å². The first-order chi connectivity index (χ1) is 11.0. The van der Waals surface area contributed by atoms with Crippen LogP contribution in [-0.2, 0) is 11.3 Å². The fourth-order valence-corrected chi connectivity index (χ4v) is 2.49. The van der Waals surface area contributed by atoms with E-state index in [2.05, 4.69) is 0 Å². The minimum absolute atomic E-state index is 0.112. The predicted molar refractivity (Wildman–Crippen MR) is 95.0 cm³/mol. The van der Waals surface area contributed by atoms with Crippen molar-refractivity contribution in [2.45, 2.75) is 6.54 Å². The highest BCUT2D eigenvalue weighted by molar-refractivity contribution is 6.35. The highest BCUT2D eigenvalue weighted by Crippen LogP contribution is 2.22. The number of hydrogen-bond acceptors (Lipinski definition) is 2. The molecule has 0 saturated carbocycles. The van der Waals surface area contributed by atoms with Crippen LogP contribution in [0.15, 0.2) is 48.5 Å². The van der Waals surface area contributed by atoms with Gasteiger partial charge in [-0.25, -0.2) is 0 Å². The normalized spacial score (nSPS) is 10.8. The van der Waals surface area contributed by atoms with Gasteiger partial charge in [-0.15, -0.1) is 0 Å². The Morgan fingerprint density at radius 2 is 2.00 bits per heavy atom. The van der Waals surface area contributed by atoms with E-state index in [0.717, 1.165) is 16.9 Å². The van der Waals surface area contributed by atoms with Gasteiger partial charge in [0.1, 0.15) is 5.75 Å². The van der Waals surface area contributed by atoms with Crippen molar-refractivity contribution < 1.29 is 9.53 Å². The monoisotopic (exact) mass is 349 g/mol. The lowest BCUT2D eigenvalue weighted by Gasteiger charge is -2.16. The summed E-state index contributed by atoms with van der Waals surface area (Å²) >= 11 is 12.0. The first kappa shape index (κ1) is 17.4. The second kappa shape index (κ2) is 8.04. The molecule has 0 unspecified atom stereocenters. The lowest BCUT2D eigenvalue weighted by Crippen LogP contribution is -2.24. The van der Waals surface area contributed by atoms with Gasteiger partial charge in [-0.2, -0.15) is 0 Å². The third-order valence-electron chi connectivity index (χ3n) is 3.31. The first-order valence-corrected chi connectivity index (χ1v) is 7.76. The Hall–Kier alpha value is -1.97. The molecule has 0 fully saturated rings. The van der Waals surface area contributed by atoms with Gasteiger partial charge < -0.3 is 9.64 Å². The molecule has 0 radical (unpaired) electrons. The van der Waals surface area contributed by atoms with Crippen molar-refractivity contribution in [2.75, 3.05) is 14.2 Å². The summed E-state index contributed by atoms with van der Waals surface area (Å²) in [7, 11) is 3.33. The van der Waals surface area contributed by atoms with Gasteiger partial charge in [0.25, 0.3) is 0 Å². The third-order valence-corrected chi connectivity index (χ3v) is 3.90. The molecule has 0 aliphatic carbocycles. The largest absolute Gasteiger partial charge is 0.497 e. The smallest absolute Gasteiger partial charge is 0.246 e. The van der Waals surface area contributed by atoms with Crippen LogP contribution < -0.4 is 4.74 Å². The van der Waals surface area contributed by atoms with Crippen LogP contribution in [0.4, 0.5) is 0 Å². The molecule has 3 nitrogen and oxygen atoms in total. The van der Waals surface area contributed by atoms with Crippen molar-refractivity contribution in [3.05, 3.63) is 69.7 Å². The zero-order valence-electron chi connectivity index (χ0n) is 12.9. The summed E-state index contributed by atoms with van der Waals surface area (Å²) in [6, 6.07) is 12.7. The number of halogens is 2. The molecule has 0 spiro atoms. The second-order valence-corrected chi connectivity index (χ2v) is 5.88. The lowest BCUT2D eigenvalue weighted by molar-refractivity contribution is -0.125. The highest BCUT2D eigenvalue weighted by Gasteiger charge is 2.09. The highest BCUT2D eigenvalue weighted by atomic mass is 35.5. The molecule has 0 saturated heterocycles. The topological polar surface area (TPSA) is 29.5 Å². The van der Waals surface area contributed by atoms with Crippen LogP contribution in [0.3, 0.4) is 0 Å². The van der Waals surface area contributed by atoms with E-state index in [9.17, 15) is 4.79 Å². The standard InChI is InChI=1S/C18H17Cl2NO2/c1-21(12-14-7-8-15(19)11-17(14)20)18(22)9-6-13-4-3-5-16(10-13)23-2/h3-11H,12H2,1-2H3. The fourth-order valence-electron chi connectivity index (χ4n) is 2.02. The van der Waals surface area contributed by atoms with Gasteiger partial charge in [0.05, 0.1) is 7.11 Å². The number of hydrogen-bond donors (Lipinski definition) is 0. The zero-order chi connectivity index (χ0) is 16.8. The van der Waals surface area contributed by atoms with Crippen molar-refractivity contribution in [2.24, 2.45) is 0 Å². The Bertz CT molecular complexity index is 729. The average molecular weight is 350 g/mol. The summed E-state index contributed by atoms with van der Waals surface area (Å²) in [6.07, 6.45) is 3.28. The van der Waals surface area contributed by atoms with Gasteiger partial charge in [-0.05, 0) is 41.5 Å². The molecule has 2 rings (SSSR count). The van der Waals surface area contributed by atoms with Gasteiger partial charge >= 0.3 is 0 Å². The number of carbonyl (C=O) groups is 1. The Balaban J connectivity index is 2.03. The lowest BCUT2D eigenvalue weighted by atomic mass is 10.2. The van der Waals surface area contributed by atoms with E-state index in [1.54, 1.807) is 37.3 Å². The van der Waals surface area contributed by atoms with E-state index in [4.69, 9.17) is 27.9 Å². The van der Waals surface area contributed by atoms with E-state index >= 15 is 0 Å². The molecule has 2 aromatic carbocycles. The number of rotatable bonds is 5. The van der Waals surface area contributed by atoms with Crippen LogP contribution in [0.5, 0.6) is 5.75 Å². The van der Waals surface area contributed by atoms with Crippen molar-refractivity contribution in [1.82, 2.24) is 4.90 Å². The van der Waals surface area contributed by atoms with Crippen LogP contribution in [0.1, 0.15) is 11.1 Å². The minimum atomic E-state index is -0.112. The average Bonchev–Trinajstić information content (AvgIpc) is 2.55. The predicted octanol–water partition coefficient (Wildman–Crippen LogP) is 4.67. The number of likely N-dealkylation sites (N-methyl/N-ethyl adjacent to an activating group) is 1. The van der Waals surface area contributed by atoms with Crippen molar-refractivity contribution in [1.29, 1.82) is 0 Å². The number of carbonyl (C=O) groups excluding carboxylic acids is 1. The second-order valence-electron chi connectivity index (χ2n) is 5.04. The van der Waals surface area contributed by atoms with Crippen molar-refractivity contribution in [3.63, 3.8) is 0 Å². The quantitative estimate of drug-likeness (QED) is 0.733. The number of ether oxygens (including phenoxy) is 1. The van der Waals surface area contributed by atoms with Crippen LogP contribution >= 0.6 is 23.2 Å². The summed E-state index contributed by atoms with van der Waals surface area (Å²) in [5, 5.41) is 1.12. The molecule has 1 amide bonds. The molecule has 0 heterocycles. The van der Waals surface area contributed by atoms with E-state index in [1.165, 1.54) is 6.08 Å². The summed E-state index contributed by atoms with van der Waals surface area (Å²) in [4.78, 5) is 13.8. The molecule has 5 heteroatoms. The summed E-state index contributed by atoms with van der Waals surface area (Å²) in [5.74, 6) is 0.639. The number of benzene rings is 2. The van der Waals surface area contributed by atoms with Crippen LogP contribution in [-0.4, -0.2) is 25.0 Å². The fraction of sp³-hybridized carbons (Fsp3) is 0.167. The first-order valence-electron chi connectivity index (χ1n) is 7.01. The molecule has 0 N–H and O–H groups in total. The molecule has 120 valence electrons. The minimum Gasteiger partial charge on any atom is -0.497 e. The van der Waals surface area contributed by atoms with E-state index in [-0.39, 0.29) is 5.91 Å². The summed E-state index contributed by atoms with van der Waals surface area (Å²) in [5.41, 5.74) is 1.75. The van der Waals surface area contributed by atoms with E-state index in [1.807, 2.05) is 30.3 Å². The SMILES string of the molecule is COc1cccc(C=CC(=O)N(C)Cc2ccc(Cl)cc2Cl)c1. The molecule has 23 heavy (non-hydrogen) atoms. The molecule has 0 bridgehead atoms. The van der Waals surface area contributed by atoms with Crippen LogP contribution in [0, 0.1) is 0 Å². The molecule has 0 atom stereocenters. The van der Waals surface area contributed by atoms with Gasteiger partial charge in [0.2, 0.25) is 5.91 Å². The Kier molecular flexibility index (Phi) is 6.08. The summed E-state index contributed by atoms with van der Waals surface area (Å²) in [6.45, 7) is 0.414. The summed E-state index contributed by atoms with van der Waals surface area (Å²) < 4.78 is 5.16. The van der Waals surface area contributed by atoms with Gasteiger partial charge in [0.15, 0.2) is 0 Å². The Labute approximate surface area is 146 Å². The third kappa shape index (κ3) is 5.02. The molecule has 0 aromatic heterocycles. The van der Waals surface area contributed by atoms with Gasteiger partial charge in [-0.1, -0.05) is 41.4 Å². The van der Waals surface area contributed by atoms with Crippen molar-refractivity contribution in [3.8, 4) is 5.75 Å². The maximum atomic E-state index is 12.2. The van der Waals surface area contributed by atoms with Gasteiger partial charge in [0, 0.05) is 29.7 Å². The zero-order valence-corrected chi connectivity index (χ0v) is 14.4. The van der Waals surface area contributed by atoms with E-state index < -0.39 is 0 Å². The van der Waals surface area contributed by atoms with Crippen LogP contribution in [0.2, 0.25) is 10.0 Å². The maximum Gasteiger partial charge on any atom is 0.246 e. The molecule has 0 aliphatic heterocycles. The molecular formula is C18H17Cl2NO2. The van der Waals surface area contributed by atoms with Crippen LogP contribution in [0.25, 0.3) is 6.08 Å².